The van der Waals surface area contributed by atoms with Crippen LogP contribution in [-0.2, 0) is 19.4 Å². The molecule has 0 aliphatic carbocycles. The summed E-state index contributed by atoms with van der Waals surface area (Å²) in [5.74, 6) is -3.62. The number of hydrogen-bond donors (Lipinski definition) is 4. The van der Waals surface area contributed by atoms with Gasteiger partial charge >= 0.3 is 0 Å². The molecular weight excluding hydrogens is 476 g/mol. The van der Waals surface area contributed by atoms with Gasteiger partial charge in [-0.15, -0.1) is 0 Å². The normalized spacial score (nSPS) is 12.7. The Bertz CT molecular complexity index is 1260. The van der Waals surface area contributed by atoms with E-state index in [-0.39, 0.29) is 35.2 Å². The molecule has 37 heavy (non-hydrogen) atoms. The summed E-state index contributed by atoms with van der Waals surface area (Å²) in [5, 5.41) is 17.1. The Kier molecular flexibility index (Phi) is 9.49. The number of nitrogens with one attached hydrogen (secondary N) is 2. The van der Waals surface area contributed by atoms with E-state index >= 15 is 0 Å². The zero-order chi connectivity index (χ0) is 27.1. The Hall–Kier alpha value is -3.62. The van der Waals surface area contributed by atoms with Crippen molar-refractivity contribution in [3.63, 3.8) is 0 Å². The van der Waals surface area contributed by atoms with Crippen LogP contribution in [0.15, 0.2) is 54.6 Å². The Morgan fingerprint density at radius 3 is 2.24 bits per heavy atom. The van der Waals surface area contributed by atoms with Crippen molar-refractivity contribution in [3.05, 3.63) is 105 Å². The van der Waals surface area contributed by atoms with Gasteiger partial charge in [0, 0.05) is 43.2 Å². The molecule has 0 spiro atoms. The lowest BCUT2D eigenvalue weighted by Crippen LogP contribution is -2.35. The van der Waals surface area contributed by atoms with Gasteiger partial charge in [0.2, 0.25) is 5.91 Å². The molecule has 8 heteroatoms. The summed E-state index contributed by atoms with van der Waals surface area (Å²) in [4.78, 5) is 25.3. The molecule has 3 aromatic rings. The molecular formula is C29H33F2N3O3. The number of aryl methyl sites for hydroxylation is 2. The fourth-order valence-electron chi connectivity index (χ4n) is 4.60. The molecule has 196 valence electrons. The molecule has 2 atom stereocenters. The number of carbonyl (C=O) groups is 2. The molecule has 3 aromatic carbocycles. The van der Waals surface area contributed by atoms with E-state index < -0.39 is 35.5 Å². The minimum Gasteiger partial charge on any atom is -0.391 e. The van der Waals surface area contributed by atoms with Crippen molar-refractivity contribution in [2.24, 2.45) is 5.73 Å². The van der Waals surface area contributed by atoms with Crippen LogP contribution >= 0.6 is 0 Å². The van der Waals surface area contributed by atoms with Crippen LogP contribution in [0.25, 0.3) is 0 Å². The van der Waals surface area contributed by atoms with Crippen LogP contribution in [0.3, 0.4) is 0 Å². The molecule has 0 unspecified atom stereocenters. The van der Waals surface area contributed by atoms with Gasteiger partial charge in [0.1, 0.15) is 11.6 Å². The smallest absolute Gasteiger partial charge is 0.251 e. The summed E-state index contributed by atoms with van der Waals surface area (Å²) >= 11 is 0. The third-order valence-corrected chi connectivity index (χ3v) is 6.36. The quantitative estimate of drug-likeness (QED) is 0.316. The highest BCUT2D eigenvalue weighted by atomic mass is 19.1. The lowest BCUT2D eigenvalue weighted by atomic mass is 9.80. The molecule has 3 rings (SSSR count). The van der Waals surface area contributed by atoms with Gasteiger partial charge in [0.05, 0.1) is 6.10 Å². The number of primary amides is 1. The largest absolute Gasteiger partial charge is 0.391 e. The number of aliphatic hydroxyl groups is 1. The van der Waals surface area contributed by atoms with Crippen molar-refractivity contribution in [1.29, 1.82) is 0 Å². The van der Waals surface area contributed by atoms with Crippen LogP contribution < -0.4 is 16.4 Å². The first-order chi connectivity index (χ1) is 17.6. The van der Waals surface area contributed by atoms with Gasteiger partial charge in [-0.2, -0.15) is 0 Å². The third-order valence-electron chi connectivity index (χ3n) is 6.36. The van der Waals surface area contributed by atoms with Crippen molar-refractivity contribution >= 4 is 11.8 Å². The summed E-state index contributed by atoms with van der Waals surface area (Å²) in [7, 11) is 1.46. The number of hydrogen-bond acceptors (Lipinski definition) is 4. The first-order valence-corrected chi connectivity index (χ1v) is 12.2. The van der Waals surface area contributed by atoms with E-state index in [0.717, 1.165) is 18.1 Å². The number of benzene rings is 3. The highest BCUT2D eigenvalue weighted by molar-refractivity contribution is 6.02. The number of amides is 2. The summed E-state index contributed by atoms with van der Waals surface area (Å²) in [5.41, 5.74) is 9.31. The van der Waals surface area contributed by atoms with E-state index in [1.165, 1.54) is 24.7 Å². The fourth-order valence-corrected chi connectivity index (χ4v) is 4.60. The van der Waals surface area contributed by atoms with Crippen molar-refractivity contribution in [2.75, 3.05) is 13.6 Å². The molecule has 0 aliphatic rings. The second-order valence-corrected chi connectivity index (χ2v) is 9.18. The molecule has 6 nitrogen and oxygen atoms in total. The van der Waals surface area contributed by atoms with E-state index in [4.69, 9.17) is 5.73 Å². The Balaban J connectivity index is 2.02. The second kappa shape index (κ2) is 12.6. The van der Waals surface area contributed by atoms with Crippen LogP contribution in [-0.4, -0.2) is 36.6 Å². The number of carbonyl (C=O) groups excluding carboxylic acids is 2. The van der Waals surface area contributed by atoms with Crippen molar-refractivity contribution < 1.29 is 23.5 Å². The topological polar surface area (TPSA) is 104 Å². The molecule has 0 radical (unpaired) electrons. The molecule has 0 fully saturated rings. The first-order valence-electron chi connectivity index (χ1n) is 12.2. The molecule has 0 saturated carbocycles. The Morgan fingerprint density at radius 2 is 1.62 bits per heavy atom. The Labute approximate surface area is 215 Å². The van der Waals surface area contributed by atoms with Crippen LogP contribution in [0.5, 0.6) is 0 Å². The Morgan fingerprint density at radius 1 is 0.973 bits per heavy atom. The average molecular weight is 510 g/mol. The molecule has 0 aliphatic heterocycles. The minimum absolute atomic E-state index is 0.0316. The van der Waals surface area contributed by atoms with Crippen LogP contribution in [0, 0.1) is 18.6 Å². The first kappa shape index (κ1) is 28.0. The lowest BCUT2D eigenvalue weighted by molar-refractivity contribution is 0.0958. The molecule has 0 heterocycles. The van der Waals surface area contributed by atoms with Crippen LogP contribution in [0.4, 0.5) is 8.78 Å². The van der Waals surface area contributed by atoms with Gasteiger partial charge in [-0.1, -0.05) is 31.2 Å². The summed E-state index contributed by atoms with van der Waals surface area (Å²) in [6.07, 6.45) is -0.255. The standard InChI is InChI=1S/C29H33F2N3O3/c1-4-18-6-5-7-19(10-18)15-34-16-26(35)23(13-20-11-21(30)14-22(31)12-20)27-24(28(32)36)8-17(2)9-25(27)29(37)33-3/h5-12,14,23,26,34-35H,4,13,15-16H2,1-3H3,(H2,32,36)(H,33,37)/t23-,26+/m1/s1. The third kappa shape index (κ3) is 7.21. The number of halogens is 2. The average Bonchev–Trinajstić information content (AvgIpc) is 2.86. The van der Waals surface area contributed by atoms with Gasteiger partial charge in [0.25, 0.3) is 5.91 Å². The molecule has 0 aromatic heterocycles. The van der Waals surface area contributed by atoms with Gasteiger partial charge in [-0.05, 0) is 71.8 Å². The second-order valence-electron chi connectivity index (χ2n) is 9.18. The van der Waals surface area contributed by atoms with E-state index in [9.17, 15) is 23.5 Å². The highest BCUT2D eigenvalue weighted by Gasteiger charge is 2.30. The van der Waals surface area contributed by atoms with Gasteiger partial charge in [-0.3, -0.25) is 9.59 Å². The molecule has 5 N–H and O–H groups in total. The fraction of sp³-hybridized carbons (Fsp3) is 0.310. The van der Waals surface area contributed by atoms with Gasteiger partial charge in [-0.25, -0.2) is 8.78 Å². The lowest BCUT2D eigenvalue weighted by Gasteiger charge is -2.28. The molecule has 2 amide bonds. The maximum absolute atomic E-state index is 14.0. The number of nitrogens with two attached hydrogens (primary N) is 1. The minimum atomic E-state index is -1.12. The maximum atomic E-state index is 14.0. The number of aliphatic hydroxyl groups excluding tert-OH is 1. The van der Waals surface area contributed by atoms with Crippen LogP contribution in [0.1, 0.15) is 61.4 Å². The van der Waals surface area contributed by atoms with E-state index in [1.807, 2.05) is 18.2 Å². The van der Waals surface area contributed by atoms with Crippen LogP contribution in [0.2, 0.25) is 0 Å². The van der Waals surface area contributed by atoms with Crippen molar-refractivity contribution in [3.8, 4) is 0 Å². The van der Waals surface area contributed by atoms with Crippen molar-refractivity contribution in [1.82, 2.24) is 10.6 Å². The molecule has 0 saturated heterocycles. The molecule has 0 bridgehead atoms. The van der Waals surface area contributed by atoms with E-state index in [1.54, 1.807) is 19.1 Å². The zero-order valence-electron chi connectivity index (χ0n) is 21.3. The summed E-state index contributed by atoms with van der Waals surface area (Å²) < 4.78 is 28.0. The van der Waals surface area contributed by atoms with Gasteiger partial charge < -0.3 is 21.5 Å². The zero-order valence-corrected chi connectivity index (χ0v) is 21.3. The summed E-state index contributed by atoms with van der Waals surface area (Å²) in [6.45, 7) is 4.36. The summed E-state index contributed by atoms with van der Waals surface area (Å²) in [6, 6.07) is 14.3. The number of rotatable bonds is 11. The van der Waals surface area contributed by atoms with Gasteiger partial charge in [0.15, 0.2) is 0 Å². The van der Waals surface area contributed by atoms with E-state index in [0.29, 0.717) is 12.1 Å². The maximum Gasteiger partial charge on any atom is 0.251 e. The van der Waals surface area contributed by atoms with Crippen molar-refractivity contribution in [2.45, 2.75) is 45.3 Å². The van der Waals surface area contributed by atoms with E-state index in [2.05, 4.69) is 23.6 Å². The predicted molar refractivity (Wildman–Crippen MR) is 139 cm³/mol. The highest BCUT2D eigenvalue weighted by Crippen LogP contribution is 2.32. The predicted octanol–water partition coefficient (Wildman–Crippen LogP) is 3.77. The SMILES string of the molecule is CCc1cccc(CNC[C@H](O)[C@@H](Cc2cc(F)cc(F)c2)c2c(C(N)=O)cc(C)cc2C(=O)NC)c1. The monoisotopic (exact) mass is 509 g/mol.